The lowest BCUT2D eigenvalue weighted by atomic mass is 9.89. The fraction of sp³-hybridized carbons (Fsp3) is 0. The molecule has 14 heteroatoms. The van der Waals surface area contributed by atoms with Crippen LogP contribution in [0.25, 0.3) is 131 Å². The summed E-state index contributed by atoms with van der Waals surface area (Å²) in [7, 11) is -1.42. The topological polar surface area (TPSA) is 75.5 Å². The van der Waals surface area contributed by atoms with Crippen molar-refractivity contribution >= 4 is 240 Å². The van der Waals surface area contributed by atoms with E-state index in [4.69, 9.17) is 10.0 Å². The Morgan fingerprint density at radius 3 is 1.27 bits per heavy atom. The lowest BCUT2D eigenvalue weighted by Gasteiger charge is -2.15. The standard InChI is InChI=1S/C32H19BrS.C20H9Br3S.C16H15BO2.C4HBr3S.H3N/c33-32-30(21-10-5-2-6-11-21)29(20-8-3-1-4-9-20)31(34-32)26-19-17-24-15-14-22-12-7-13-23-16-18-25(26)28(24)27(22)23;21-17-18(22)20(23)24-19(17)14-9-7-12-5-4-10-2-1-3-11-6-8-13(14)16(12)15(10)11;1-2-6-13-10-11-14(7-5-12-17(18)19)16-9-4-3-8-15(13)16;5-2-1-8-4(7)3(2)6;/h1-19H;1-9H;2-12,18-19H,1H2;1H;1H3/b;;12-5+,13-6-,14-7-;;. The number of benzene rings is 12. The predicted octanol–water partition coefficient (Wildman–Crippen LogP) is 24.4. The molecular formula is C72H47BBr7NO2S3. The molecule has 0 saturated carbocycles. The highest BCUT2D eigenvalue weighted by Crippen LogP contribution is 2.53. The highest BCUT2D eigenvalue weighted by Gasteiger charge is 2.24. The summed E-state index contributed by atoms with van der Waals surface area (Å²) in [6, 6.07) is 73.8. The minimum absolute atomic E-state index is 0. The smallest absolute Gasteiger partial charge is 0.424 e. The molecule has 0 fully saturated rings. The summed E-state index contributed by atoms with van der Waals surface area (Å²) in [4.78, 5) is 2.54. The Bertz CT molecular complexity index is 5070. The number of thiophene rings is 3. The zero-order chi connectivity index (χ0) is 58.9. The summed E-state index contributed by atoms with van der Waals surface area (Å²) in [5, 5.41) is 39.9. The largest absolute Gasteiger partial charge is 0.480 e. The maximum atomic E-state index is 8.79. The SMILES string of the molecule is Brc1csc(Br)c1Br.Brc1sc(-c2ccc3ccc4cccc5ccc2c3c45)c(-c2ccccc2)c1-c1ccccc1.Brc1sc(-c2ccc3ccc4cccc5ccc2c3c45)c(Br)c1Br.C=C/C=c1/cc/c(=C/C=C/B(O)O)c2ccccc12.N. The summed E-state index contributed by atoms with van der Waals surface area (Å²) < 4.78 is 7.79. The molecule has 0 aliphatic heterocycles. The summed E-state index contributed by atoms with van der Waals surface area (Å²) in [5.74, 6) is 1.32. The summed E-state index contributed by atoms with van der Waals surface area (Å²) in [5.41, 5.74) is 7.58. The molecule has 3 heterocycles. The molecule has 0 bridgehead atoms. The quantitative estimate of drug-likeness (QED) is 0.110. The van der Waals surface area contributed by atoms with Gasteiger partial charge in [0.05, 0.1) is 29.7 Å². The van der Waals surface area contributed by atoms with Crippen molar-refractivity contribution in [1.29, 1.82) is 0 Å². The lowest BCUT2D eigenvalue weighted by molar-refractivity contribution is 0.424. The molecule has 0 aliphatic carbocycles. The Balaban J connectivity index is 0.000000130. The van der Waals surface area contributed by atoms with E-state index in [-0.39, 0.29) is 6.15 Å². The summed E-state index contributed by atoms with van der Waals surface area (Å²) in [6.07, 6.45) is 7.25. The Labute approximate surface area is 569 Å². The zero-order valence-corrected chi connectivity index (χ0v) is 58.9. The second kappa shape index (κ2) is 27.6. The molecule has 0 atom stereocenters. The van der Waals surface area contributed by atoms with Crippen LogP contribution in [0.4, 0.5) is 0 Å². The van der Waals surface area contributed by atoms with Gasteiger partial charge < -0.3 is 16.2 Å². The van der Waals surface area contributed by atoms with Crippen LogP contribution in [-0.4, -0.2) is 17.2 Å². The van der Waals surface area contributed by atoms with Crippen LogP contribution in [-0.2, 0) is 0 Å². The van der Waals surface area contributed by atoms with Gasteiger partial charge in [0.25, 0.3) is 0 Å². The average Bonchev–Trinajstić information content (AvgIpc) is 2.88. The second-order valence-corrected chi connectivity index (χ2v) is 29.9. The van der Waals surface area contributed by atoms with Crippen LogP contribution in [0.1, 0.15) is 0 Å². The van der Waals surface area contributed by atoms with E-state index >= 15 is 0 Å². The van der Waals surface area contributed by atoms with E-state index in [0.717, 1.165) is 46.7 Å². The van der Waals surface area contributed by atoms with Gasteiger partial charge in [-0.2, -0.15) is 0 Å². The number of hydrogen-bond acceptors (Lipinski definition) is 6. The van der Waals surface area contributed by atoms with Crippen LogP contribution >= 0.6 is 146 Å². The Kier molecular flexibility index (Phi) is 19.9. The molecule has 5 N–H and O–H groups in total. The van der Waals surface area contributed by atoms with Crippen LogP contribution in [0.3, 0.4) is 0 Å². The van der Waals surface area contributed by atoms with Crippen LogP contribution in [0.2, 0.25) is 0 Å². The maximum Gasteiger partial charge on any atom is 0.480 e. The van der Waals surface area contributed by atoms with Crippen LogP contribution in [0, 0.1) is 0 Å². The van der Waals surface area contributed by atoms with Crippen LogP contribution in [0.5, 0.6) is 0 Å². The molecule has 86 heavy (non-hydrogen) atoms. The van der Waals surface area contributed by atoms with Gasteiger partial charge in [-0.05, 0) is 208 Å². The molecule has 422 valence electrons. The molecule has 15 rings (SSSR count). The monoisotopic (exact) mass is 1620 g/mol. The van der Waals surface area contributed by atoms with Crippen molar-refractivity contribution in [1.82, 2.24) is 6.15 Å². The van der Waals surface area contributed by atoms with Gasteiger partial charge in [0, 0.05) is 37.0 Å². The van der Waals surface area contributed by atoms with Crippen LogP contribution in [0.15, 0.2) is 266 Å². The van der Waals surface area contributed by atoms with Gasteiger partial charge in [-0.15, -0.1) is 34.0 Å². The third-order valence-corrected chi connectivity index (χ3v) is 26.6. The Morgan fingerprint density at radius 2 is 0.826 bits per heavy atom. The van der Waals surface area contributed by atoms with Gasteiger partial charge in [-0.25, -0.2) is 0 Å². The summed E-state index contributed by atoms with van der Waals surface area (Å²) in [6.45, 7) is 3.72. The van der Waals surface area contributed by atoms with Crippen molar-refractivity contribution in [2.75, 3.05) is 0 Å². The Morgan fingerprint density at radius 1 is 0.384 bits per heavy atom. The van der Waals surface area contributed by atoms with Gasteiger partial charge in [0.15, 0.2) is 0 Å². The molecule has 0 saturated heterocycles. The minimum atomic E-state index is -1.42. The summed E-state index contributed by atoms with van der Waals surface area (Å²) >= 11 is 30.3. The highest BCUT2D eigenvalue weighted by atomic mass is 79.9. The molecule has 3 aromatic heterocycles. The molecule has 0 unspecified atom stereocenters. The maximum absolute atomic E-state index is 8.79. The zero-order valence-electron chi connectivity index (χ0n) is 45.4. The van der Waals surface area contributed by atoms with Crippen molar-refractivity contribution in [2.45, 2.75) is 0 Å². The van der Waals surface area contributed by atoms with Crippen molar-refractivity contribution in [3.8, 4) is 43.1 Å². The van der Waals surface area contributed by atoms with Crippen molar-refractivity contribution in [2.24, 2.45) is 0 Å². The number of rotatable bonds is 7. The van der Waals surface area contributed by atoms with E-state index in [9.17, 15) is 0 Å². The first kappa shape index (κ1) is 62.2. The van der Waals surface area contributed by atoms with Crippen LogP contribution < -0.4 is 16.6 Å². The number of fused-ring (bicyclic) bond motifs is 1. The van der Waals surface area contributed by atoms with E-state index in [1.165, 1.54) is 118 Å². The van der Waals surface area contributed by atoms with E-state index in [1.807, 2.05) is 59.2 Å². The molecule has 3 nitrogen and oxygen atoms in total. The lowest BCUT2D eigenvalue weighted by Crippen LogP contribution is -2.11. The van der Waals surface area contributed by atoms with Gasteiger partial charge in [-0.3, -0.25) is 0 Å². The number of hydrogen-bond donors (Lipinski definition) is 3. The fourth-order valence-electron chi connectivity index (χ4n) is 11.1. The molecule has 15 aromatic rings. The first-order valence-electron chi connectivity index (χ1n) is 26.7. The normalized spacial score (nSPS) is 11.8. The molecule has 0 radical (unpaired) electrons. The van der Waals surface area contributed by atoms with Gasteiger partial charge in [0.1, 0.15) is 0 Å². The van der Waals surface area contributed by atoms with E-state index < -0.39 is 7.12 Å². The van der Waals surface area contributed by atoms with E-state index in [0.29, 0.717) is 0 Å². The van der Waals surface area contributed by atoms with Gasteiger partial charge in [0.2, 0.25) is 0 Å². The number of halogens is 7. The molecule has 0 spiro atoms. The molecule has 12 aromatic carbocycles. The minimum Gasteiger partial charge on any atom is -0.424 e. The third-order valence-electron chi connectivity index (χ3n) is 14.8. The predicted molar refractivity (Wildman–Crippen MR) is 403 cm³/mol. The average molecular weight is 1620 g/mol. The fourth-order valence-corrected chi connectivity index (χ4v) is 18.7. The second-order valence-electron chi connectivity index (χ2n) is 19.8. The third kappa shape index (κ3) is 12.5. The first-order chi connectivity index (χ1) is 41.4. The molecular weight excluding hydrogens is 1580 g/mol. The highest BCUT2D eigenvalue weighted by molar-refractivity contribution is 9.15. The van der Waals surface area contributed by atoms with Crippen molar-refractivity contribution < 1.29 is 10.0 Å². The van der Waals surface area contributed by atoms with Crippen molar-refractivity contribution in [3.05, 3.63) is 276 Å². The van der Waals surface area contributed by atoms with Gasteiger partial charge in [-0.1, -0.05) is 243 Å². The van der Waals surface area contributed by atoms with Gasteiger partial charge >= 0.3 is 7.12 Å². The van der Waals surface area contributed by atoms with E-state index in [2.05, 4.69) is 294 Å². The molecule has 0 amide bonds. The van der Waals surface area contributed by atoms with E-state index in [1.54, 1.807) is 34.8 Å². The number of allylic oxidation sites excluding steroid dienone is 2. The Hall–Kier alpha value is -5.40. The molecule has 0 aliphatic rings. The first-order valence-corrected chi connectivity index (χ1v) is 34.8. The van der Waals surface area contributed by atoms with Crippen molar-refractivity contribution in [3.63, 3.8) is 0 Å².